The molecule has 0 fully saturated rings. The second-order valence-corrected chi connectivity index (χ2v) is 8.05. The van der Waals surface area contributed by atoms with E-state index in [2.05, 4.69) is 21.2 Å². The van der Waals surface area contributed by atoms with E-state index >= 15 is 0 Å². The Morgan fingerprint density at radius 1 is 1.03 bits per heavy atom. The van der Waals surface area contributed by atoms with Crippen molar-refractivity contribution >= 4 is 27.7 Å². The van der Waals surface area contributed by atoms with Crippen LogP contribution in [0.25, 0.3) is 0 Å². The number of nitrogens with one attached hydrogen (secondary N) is 1. The number of carbonyl (C=O) groups excluding carboxylic acids is 2. The first-order chi connectivity index (χ1) is 14.1. The summed E-state index contributed by atoms with van der Waals surface area (Å²) in [5.41, 5.74) is 3.33. The van der Waals surface area contributed by atoms with Gasteiger partial charge in [-0.3, -0.25) is 9.59 Å². The summed E-state index contributed by atoms with van der Waals surface area (Å²) in [6.07, 6.45) is 0. The van der Waals surface area contributed by atoms with E-state index in [1.165, 1.54) is 0 Å². The van der Waals surface area contributed by atoms with Gasteiger partial charge >= 0.3 is 0 Å². The number of hydrogen-bond acceptors (Lipinski definition) is 2. The first-order valence-electron chi connectivity index (χ1n) is 9.55. The zero-order valence-electron chi connectivity index (χ0n) is 16.0. The molecule has 1 N–H and O–H groups in total. The van der Waals surface area contributed by atoms with Crippen molar-refractivity contribution in [2.45, 2.75) is 25.6 Å². The number of fused-ring (bicyclic) bond motifs is 1. The van der Waals surface area contributed by atoms with E-state index in [1.54, 1.807) is 11.0 Å². The number of nitrogens with zero attached hydrogens (tertiary/aromatic N) is 1. The molecule has 5 heteroatoms. The summed E-state index contributed by atoms with van der Waals surface area (Å²) >= 11 is 3.44. The molecule has 1 aliphatic rings. The standard InChI is InChI=1S/C24H21BrN2O2/c1-16(18-10-6-3-7-11-18)27-22(20-13-12-19(25)14-21(20)24(27)29)23(28)26-15-17-8-4-2-5-9-17/h2-14,16,22H,15H2,1H3,(H,26,28)/t16-,22?/m1/s1. The molecule has 0 aliphatic carbocycles. The van der Waals surface area contributed by atoms with Gasteiger partial charge in [0.05, 0.1) is 6.04 Å². The Labute approximate surface area is 178 Å². The number of halogens is 1. The highest BCUT2D eigenvalue weighted by atomic mass is 79.9. The molecule has 1 unspecified atom stereocenters. The van der Waals surface area contributed by atoms with Crippen molar-refractivity contribution in [3.05, 3.63) is 106 Å². The molecule has 4 nitrogen and oxygen atoms in total. The van der Waals surface area contributed by atoms with E-state index in [0.717, 1.165) is 21.2 Å². The average molecular weight is 449 g/mol. The van der Waals surface area contributed by atoms with Crippen LogP contribution < -0.4 is 5.32 Å². The largest absolute Gasteiger partial charge is 0.350 e. The van der Waals surface area contributed by atoms with E-state index in [-0.39, 0.29) is 17.9 Å². The highest BCUT2D eigenvalue weighted by Gasteiger charge is 2.43. The van der Waals surface area contributed by atoms with Crippen LogP contribution in [0.4, 0.5) is 0 Å². The molecule has 0 saturated heterocycles. The van der Waals surface area contributed by atoms with Crippen LogP contribution in [0.3, 0.4) is 0 Å². The van der Waals surface area contributed by atoms with Crippen LogP contribution in [0.2, 0.25) is 0 Å². The van der Waals surface area contributed by atoms with Gasteiger partial charge in [0.1, 0.15) is 6.04 Å². The average Bonchev–Trinajstić information content (AvgIpc) is 3.04. The minimum Gasteiger partial charge on any atom is -0.350 e. The van der Waals surface area contributed by atoms with Gasteiger partial charge in [-0.2, -0.15) is 0 Å². The summed E-state index contributed by atoms with van der Waals surface area (Å²) in [5.74, 6) is -0.302. The van der Waals surface area contributed by atoms with E-state index in [9.17, 15) is 9.59 Å². The SMILES string of the molecule is C[C@H](c1ccccc1)N1C(=O)c2cc(Br)ccc2C1C(=O)NCc1ccccc1. The predicted molar refractivity (Wildman–Crippen MR) is 116 cm³/mol. The Hall–Kier alpha value is -2.92. The van der Waals surface area contributed by atoms with E-state index < -0.39 is 6.04 Å². The monoisotopic (exact) mass is 448 g/mol. The van der Waals surface area contributed by atoms with Crippen LogP contribution in [0.15, 0.2) is 83.3 Å². The van der Waals surface area contributed by atoms with Gasteiger partial charge in [0.15, 0.2) is 0 Å². The lowest BCUT2D eigenvalue weighted by Crippen LogP contribution is -2.40. The van der Waals surface area contributed by atoms with Crippen LogP contribution in [0.5, 0.6) is 0 Å². The minimum atomic E-state index is -0.662. The molecule has 0 spiro atoms. The number of rotatable bonds is 5. The van der Waals surface area contributed by atoms with Crippen molar-refractivity contribution in [1.82, 2.24) is 10.2 Å². The summed E-state index contributed by atoms with van der Waals surface area (Å²) in [6.45, 7) is 2.38. The Balaban J connectivity index is 1.67. The lowest BCUT2D eigenvalue weighted by atomic mass is 10.0. The number of benzene rings is 3. The Kier molecular flexibility index (Phi) is 5.49. The van der Waals surface area contributed by atoms with E-state index in [1.807, 2.05) is 79.7 Å². The van der Waals surface area contributed by atoms with Crippen molar-refractivity contribution in [2.24, 2.45) is 0 Å². The second kappa shape index (κ2) is 8.21. The summed E-state index contributed by atoms with van der Waals surface area (Å²) < 4.78 is 0.822. The van der Waals surface area contributed by atoms with E-state index in [4.69, 9.17) is 0 Å². The molecule has 1 heterocycles. The Morgan fingerprint density at radius 2 is 1.69 bits per heavy atom. The molecular formula is C24H21BrN2O2. The van der Waals surface area contributed by atoms with Gasteiger partial charge in [0.25, 0.3) is 5.91 Å². The fourth-order valence-corrected chi connectivity index (χ4v) is 4.16. The van der Waals surface area contributed by atoms with Gasteiger partial charge in [-0.15, -0.1) is 0 Å². The molecule has 2 amide bonds. The third-order valence-corrected chi connectivity index (χ3v) is 5.80. The summed E-state index contributed by atoms with van der Waals surface area (Å²) in [6, 6.07) is 24.2. The molecule has 2 atom stereocenters. The minimum absolute atomic E-state index is 0.127. The van der Waals surface area contributed by atoms with Crippen LogP contribution in [-0.4, -0.2) is 16.7 Å². The molecule has 1 aliphatic heterocycles. The van der Waals surface area contributed by atoms with Crippen molar-refractivity contribution < 1.29 is 9.59 Å². The Bertz CT molecular complexity index is 1040. The summed E-state index contributed by atoms with van der Waals surface area (Å²) in [4.78, 5) is 28.2. The lowest BCUT2D eigenvalue weighted by molar-refractivity contribution is -0.126. The van der Waals surface area contributed by atoms with Crippen LogP contribution >= 0.6 is 15.9 Å². The quantitative estimate of drug-likeness (QED) is 0.595. The van der Waals surface area contributed by atoms with Gasteiger partial charge < -0.3 is 10.2 Å². The number of carbonyl (C=O) groups is 2. The first kappa shape index (κ1) is 19.4. The molecule has 0 saturated carbocycles. The molecule has 0 aromatic heterocycles. The molecule has 3 aromatic carbocycles. The fraction of sp³-hybridized carbons (Fsp3) is 0.167. The molecule has 4 rings (SSSR count). The van der Waals surface area contributed by atoms with Crippen LogP contribution in [0.1, 0.15) is 46.1 Å². The molecule has 146 valence electrons. The first-order valence-corrected chi connectivity index (χ1v) is 10.3. The molecular weight excluding hydrogens is 428 g/mol. The van der Waals surface area contributed by atoms with Crippen molar-refractivity contribution in [2.75, 3.05) is 0 Å². The maximum atomic E-state index is 13.3. The lowest BCUT2D eigenvalue weighted by Gasteiger charge is -2.31. The molecule has 0 bridgehead atoms. The van der Waals surface area contributed by atoms with Crippen molar-refractivity contribution in [3.63, 3.8) is 0 Å². The molecule has 0 radical (unpaired) electrons. The zero-order valence-corrected chi connectivity index (χ0v) is 17.6. The Morgan fingerprint density at radius 3 is 2.38 bits per heavy atom. The van der Waals surface area contributed by atoms with Crippen LogP contribution in [-0.2, 0) is 11.3 Å². The van der Waals surface area contributed by atoms with E-state index in [0.29, 0.717) is 12.1 Å². The van der Waals surface area contributed by atoms with Gasteiger partial charge in [-0.25, -0.2) is 0 Å². The second-order valence-electron chi connectivity index (χ2n) is 7.14. The number of amides is 2. The zero-order chi connectivity index (χ0) is 20.4. The van der Waals surface area contributed by atoms with Gasteiger partial charge in [-0.1, -0.05) is 82.7 Å². The molecule has 3 aromatic rings. The van der Waals surface area contributed by atoms with Crippen LogP contribution in [0, 0.1) is 0 Å². The fourth-order valence-electron chi connectivity index (χ4n) is 3.80. The summed E-state index contributed by atoms with van der Waals surface area (Å²) in [5, 5.41) is 3.01. The van der Waals surface area contributed by atoms with Gasteiger partial charge in [0.2, 0.25) is 5.91 Å². The smallest absolute Gasteiger partial charge is 0.255 e. The van der Waals surface area contributed by atoms with Crippen molar-refractivity contribution in [3.8, 4) is 0 Å². The highest BCUT2D eigenvalue weighted by Crippen LogP contribution is 2.40. The third-order valence-electron chi connectivity index (χ3n) is 5.31. The molecule has 29 heavy (non-hydrogen) atoms. The maximum absolute atomic E-state index is 13.3. The van der Waals surface area contributed by atoms with Gasteiger partial charge in [0, 0.05) is 16.6 Å². The van der Waals surface area contributed by atoms with Gasteiger partial charge in [-0.05, 0) is 35.7 Å². The third kappa shape index (κ3) is 3.83. The highest BCUT2D eigenvalue weighted by molar-refractivity contribution is 9.10. The predicted octanol–water partition coefficient (Wildman–Crippen LogP) is 5.02. The van der Waals surface area contributed by atoms with Crippen molar-refractivity contribution in [1.29, 1.82) is 0 Å². The summed E-state index contributed by atoms with van der Waals surface area (Å²) in [7, 11) is 0. The topological polar surface area (TPSA) is 49.4 Å². The maximum Gasteiger partial charge on any atom is 0.255 e. The normalized spacial score (nSPS) is 16.4. The number of hydrogen-bond donors (Lipinski definition) is 1.